The Balaban J connectivity index is 1.72. The van der Waals surface area contributed by atoms with E-state index in [0.29, 0.717) is 6.61 Å². The first-order chi connectivity index (χ1) is 15.7. The molecule has 0 radical (unpaired) electrons. The number of carbonyl (C=O) groups is 1. The van der Waals surface area contributed by atoms with E-state index >= 15 is 0 Å². The molecule has 0 aliphatic carbocycles. The Bertz CT molecular complexity index is 1180. The van der Waals surface area contributed by atoms with Crippen molar-refractivity contribution >= 4 is 16.8 Å². The Labute approximate surface area is 188 Å². The molecule has 0 bridgehead atoms. The van der Waals surface area contributed by atoms with Crippen molar-refractivity contribution in [3.8, 4) is 11.5 Å². The molecule has 4 rings (SSSR count). The van der Waals surface area contributed by atoms with Gasteiger partial charge in [-0.1, -0.05) is 55.5 Å². The average molecular weight is 429 g/mol. The predicted octanol–water partition coefficient (Wildman–Crippen LogP) is 6.11. The van der Waals surface area contributed by atoms with Gasteiger partial charge in [-0.05, 0) is 54.3 Å². The summed E-state index contributed by atoms with van der Waals surface area (Å²) in [6, 6.07) is 23.9. The topological polar surface area (TPSA) is 63.4 Å². The Kier molecular flexibility index (Phi) is 6.87. The molecule has 32 heavy (non-hydrogen) atoms. The van der Waals surface area contributed by atoms with Crippen LogP contribution in [-0.2, 0) is 16.1 Å². The van der Waals surface area contributed by atoms with Gasteiger partial charge < -0.3 is 9.72 Å². The van der Waals surface area contributed by atoms with E-state index in [4.69, 9.17) is 9.57 Å². The summed E-state index contributed by atoms with van der Waals surface area (Å²) in [5.74, 6) is 1.19. The van der Waals surface area contributed by atoms with E-state index in [9.17, 15) is 4.79 Å². The van der Waals surface area contributed by atoms with Crippen LogP contribution in [0, 0.1) is 0 Å². The van der Waals surface area contributed by atoms with Crippen LogP contribution in [0.5, 0.6) is 11.5 Å². The summed E-state index contributed by atoms with van der Waals surface area (Å²) in [5.41, 5.74) is 7.01. The maximum atomic E-state index is 12.6. The summed E-state index contributed by atoms with van der Waals surface area (Å²) >= 11 is 0. The molecule has 2 N–H and O–H groups in total. The van der Waals surface area contributed by atoms with Gasteiger partial charge in [-0.15, -0.1) is 0 Å². The fourth-order valence-corrected chi connectivity index (χ4v) is 4.03. The normalized spacial score (nSPS) is 11.9. The van der Waals surface area contributed by atoms with E-state index in [1.54, 1.807) is 0 Å². The Morgan fingerprint density at radius 3 is 2.53 bits per heavy atom. The number of aromatic nitrogens is 1. The molecule has 0 saturated carbocycles. The maximum absolute atomic E-state index is 12.6. The molecular formula is C27H28N2O3. The van der Waals surface area contributed by atoms with E-state index in [1.807, 2.05) is 67.7 Å². The highest BCUT2D eigenvalue weighted by molar-refractivity contribution is 5.88. The van der Waals surface area contributed by atoms with Gasteiger partial charge >= 0.3 is 0 Å². The quantitative estimate of drug-likeness (QED) is 0.316. The van der Waals surface area contributed by atoms with Crippen LogP contribution in [0.4, 0.5) is 0 Å². The van der Waals surface area contributed by atoms with Crippen LogP contribution in [-0.4, -0.2) is 17.5 Å². The summed E-state index contributed by atoms with van der Waals surface area (Å²) < 4.78 is 6.05. The maximum Gasteiger partial charge on any atom is 0.244 e. The van der Waals surface area contributed by atoms with Crippen molar-refractivity contribution in [1.29, 1.82) is 0 Å². The Hall–Kier alpha value is -3.57. The molecule has 3 aromatic carbocycles. The molecule has 4 aromatic rings. The van der Waals surface area contributed by atoms with E-state index in [2.05, 4.69) is 35.6 Å². The second-order valence-corrected chi connectivity index (χ2v) is 7.64. The minimum atomic E-state index is -0.160. The average Bonchev–Trinajstić information content (AvgIpc) is 3.26. The zero-order chi connectivity index (χ0) is 22.3. The molecule has 1 atom stereocenters. The highest BCUT2D eigenvalue weighted by Crippen LogP contribution is 2.36. The number of ether oxygens (including phenoxy) is 1. The molecule has 164 valence electrons. The zero-order valence-electron chi connectivity index (χ0n) is 18.4. The molecule has 1 heterocycles. The van der Waals surface area contributed by atoms with Crippen LogP contribution in [0.15, 0.2) is 79.0 Å². The molecule has 0 aliphatic heterocycles. The number of rotatable bonds is 9. The summed E-state index contributed by atoms with van der Waals surface area (Å²) in [7, 11) is 0. The number of H-pyrrole nitrogens is 1. The molecule has 1 aromatic heterocycles. The highest BCUT2D eigenvalue weighted by Gasteiger charge is 2.23. The molecular weight excluding hydrogens is 400 g/mol. The minimum absolute atomic E-state index is 0.157. The number of para-hydroxylation sites is 2. The van der Waals surface area contributed by atoms with Crippen LogP contribution >= 0.6 is 0 Å². The molecule has 1 unspecified atom stereocenters. The first-order valence-corrected chi connectivity index (χ1v) is 11.0. The number of amides is 1. The summed E-state index contributed by atoms with van der Waals surface area (Å²) in [6.07, 6.45) is 3.22. The molecule has 0 saturated heterocycles. The van der Waals surface area contributed by atoms with Gasteiger partial charge in [-0.25, -0.2) is 5.48 Å². The second kappa shape index (κ2) is 10.2. The van der Waals surface area contributed by atoms with Gasteiger partial charge in [0.15, 0.2) is 0 Å². The van der Waals surface area contributed by atoms with Crippen LogP contribution < -0.4 is 10.2 Å². The van der Waals surface area contributed by atoms with Gasteiger partial charge in [0.2, 0.25) is 5.91 Å². The number of hydrogen-bond donors (Lipinski definition) is 2. The minimum Gasteiger partial charge on any atom is -0.457 e. The van der Waals surface area contributed by atoms with Crippen molar-refractivity contribution in [3.05, 3.63) is 95.7 Å². The Morgan fingerprint density at radius 1 is 0.969 bits per heavy atom. The van der Waals surface area contributed by atoms with Gasteiger partial charge in [0, 0.05) is 29.4 Å². The summed E-state index contributed by atoms with van der Waals surface area (Å²) in [5, 5.41) is 1.13. The number of benzene rings is 3. The lowest BCUT2D eigenvalue weighted by Crippen LogP contribution is -2.25. The molecule has 5 nitrogen and oxygen atoms in total. The van der Waals surface area contributed by atoms with Crippen molar-refractivity contribution in [2.24, 2.45) is 0 Å². The largest absolute Gasteiger partial charge is 0.457 e. The van der Waals surface area contributed by atoms with Crippen molar-refractivity contribution in [2.75, 3.05) is 6.61 Å². The van der Waals surface area contributed by atoms with E-state index in [-0.39, 0.29) is 18.2 Å². The lowest BCUT2D eigenvalue weighted by atomic mass is 9.87. The lowest BCUT2D eigenvalue weighted by Gasteiger charge is -2.18. The van der Waals surface area contributed by atoms with Crippen molar-refractivity contribution < 1.29 is 14.4 Å². The third-order valence-electron chi connectivity index (χ3n) is 5.55. The van der Waals surface area contributed by atoms with E-state index in [1.165, 1.54) is 5.56 Å². The van der Waals surface area contributed by atoms with Gasteiger partial charge in [0.1, 0.15) is 11.5 Å². The SMILES string of the molecule is CCONC(=O)CC(c1cccc(Oc2ccccc2)c1)c1c[nH]c2c(CC)cccc12. The first-order valence-electron chi connectivity index (χ1n) is 11.0. The molecule has 0 aliphatic rings. The smallest absolute Gasteiger partial charge is 0.244 e. The second-order valence-electron chi connectivity index (χ2n) is 7.64. The summed E-state index contributed by atoms with van der Waals surface area (Å²) in [4.78, 5) is 21.2. The molecule has 5 heteroatoms. The van der Waals surface area contributed by atoms with Crippen molar-refractivity contribution in [2.45, 2.75) is 32.6 Å². The number of aromatic amines is 1. The van der Waals surface area contributed by atoms with E-state index in [0.717, 1.165) is 39.9 Å². The molecule has 0 spiro atoms. The van der Waals surface area contributed by atoms with Crippen molar-refractivity contribution in [3.63, 3.8) is 0 Å². The fourth-order valence-electron chi connectivity index (χ4n) is 4.03. The highest BCUT2D eigenvalue weighted by atomic mass is 16.6. The number of nitrogens with one attached hydrogen (secondary N) is 2. The van der Waals surface area contributed by atoms with Gasteiger partial charge in [-0.2, -0.15) is 0 Å². The van der Waals surface area contributed by atoms with Crippen LogP contribution in [0.1, 0.15) is 42.9 Å². The fraction of sp³-hybridized carbons (Fsp3) is 0.222. The third kappa shape index (κ3) is 4.84. The van der Waals surface area contributed by atoms with Crippen LogP contribution in [0.3, 0.4) is 0 Å². The molecule has 1 amide bonds. The number of fused-ring (bicyclic) bond motifs is 1. The molecule has 0 fully saturated rings. The third-order valence-corrected chi connectivity index (χ3v) is 5.55. The van der Waals surface area contributed by atoms with Crippen LogP contribution in [0.2, 0.25) is 0 Å². The number of hydroxylamine groups is 1. The summed E-state index contributed by atoms with van der Waals surface area (Å²) in [6.45, 7) is 4.41. The first kappa shape index (κ1) is 21.7. The van der Waals surface area contributed by atoms with E-state index < -0.39 is 0 Å². The van der Waals surface area contributed by atoms with Gasteiger partial charge in [0.25, 0.3) is 0 Å². The Morgan fingerprint density at radius 2 is 1.75 bits per heavy atom. The number of aryl methyl sites for hydroxylation is 1. The predicted molar refractivity (Wildman–Crippen MR) is 127 cm³/mol. The van der Waals surface area contributed by atoms with Crippen LogP contribution in [0.25, 0.3) is 10.9 Å². The zero-order valence-corrected chi connectivity index (χ0v) is 18.4. The van der Waals surface area contributed by atoms with Crippen molar-refractivity contribution in [1.82, 2.24) is 10.5 Å². The lowest BCUT2D eigenvalue weighted by molar-refractivity contribution is -0.133. The standard InChI is InChI=1S/C27H28N2O3/c1-3-19-10-9-15-23-25(18-28-27(19)23)24(17-26(30)29-31-4-2)20-11-8-14-22(16-20)32-21-12-6-5-7-13-21/h5-16,18,24,28H,3-4,17H2,1-2H3,(H,29,30). The van der Waals surface area contributed by atoms with Gasteiger partial charge in [0.05, 0.1) is 6.61 Å². The number of hydrogen-bond acceptors (Lipinski definition) is 3. The number of carbonyl (C=O) groups excluding carboxylic acids is 1. The monoisotopic (exact) mass is 428 g/mol. The van der Waals surface area contributed by atoms with Gasteiger partial charge in [-0.3, -0.25) is 9.63 Å².